The fourth-order valence-electron chi connectivity index (χ4n) is 4.38. The molecule has 9 heteroatoms. The highest BCUT2D eigenvalue weighted by Crippen LogP contribution is 2.36. The Morgan fingerprint density at radius 3 is 1.50 bits per heavy atom. The molecular formula is C29H46F6O3. The van der Waals surface area contributed by atoms with Crippen molar-refractivity contribution in [1.29, 1.82) is 0 Å². The molecule has 0 radical (unpaired) electrons. The monoisotopic (exact) mass is 556 g/mol. The molecule has 0 aliphatic rings. The lowest BCUT2D eigenvalue weighted by molar-refractivity contribution is -0.302. The van der Waals surface area contributed by atoms with Crippen molar-refractivity contribution in [3.8, 4) is 0 Å². The van der Waals surface area contributed by atoms with Crippen LogP contribution in [0.1, 0.15) is 121 Å². The van der Waals surface area contributed by atoms with Crippen molar-refractivity contribution in [3.05, 3.63) is 34.9 Å². The number of unbranched alkanes of at least 4 members (excludes halogenated alkanes) is 9. The molecule has 0 N–H and O–H groups in total. The van der Waals surface area contributed by atoms with Crippen LogP contribution >= 0.6 is 0 Å². The molecule has 1 atom stereocenters. The van der Waals surface area contributed by atoms with E-state index < -0.39 is 30.0 Å². The van der Waals surface area contributed by atoms with Gasteiger partial charge in [0.05, 0.1) is 17.2 Å². The molecule has 0 saturated heterocycles. The van der Waals surface area contributed by atoms with Crippen molar-refractivity contribution in [2.75, 3.05) is 13.2 Å². The molecule has 0 bridgehead atoms. The predicted octanol–water partition coefficient (Wildman–Crippen LogP) is 10.1. The van der Waals surface area contributed by atoms with Crippen LogP contribution in [0.3, 0.4) is 0 Å². The molecule has 3 nitrogen and oxygen atoms in total. The maximum absolute atomic E-state index is 13.1. The Labute approximate surface area is 224 Å². The Morgan fingerprint density at radius 1 is 0.605 bits per heavy atom. The maximum atomic E-state index is 13.1. The minimum atomic E-state index is -4.82. The number of halogens is 6. The number of benzene rings is 1. The first-order valence-corrected chi connectivity index (χ1v) is 14.2. The molecule has 0 amide bonds. The minimum absolute atomic E-state index is 0.0217. The largest absolute Gasteiger partial charge is 0.416 e. The normalized spacial score (nSPS) is 13.4. The second-order valence-electron chi connectivity index (χ2n) is 9.73. The van der Waals surface area contributed by atoms with Crippen LogP contribution in [0.2, 0.25) is 0 Å². The zero-order chi connectivity index (χ0) is 28.4. The molecule has 38 heavy (non-hydrogen) atoms. The predicted molar refractivity (Wildman–Crippen MR) is 138 cm³/mol. The van der Waals surface area contributed by atoms with E-state index in [2.05, 4.69) is 6.92 Å². The van der Waals surface area contributed by atoms with Crippen LogP contribution in [0.5, 0.6) is 0 Å². The summed E-state index contributed by atoms with van der Waals surface area (Å²) in [5, 5.41) is 0. The van der Waals surface area contributed by atoms with Gasteiger partial charge in [-0.05, 0) is 63.3 Å². The topological polar surface area (TPSA) is 27.7 Å². The lowest BCUT2D eigenvalue weighted by atomic mass is 9.99. The first kappa shape index (κ1) is 34.7. The third kappa shape index (κ3) is 15.3. The van der Waals surface area contributed by atoms with Crippen molar-refractivity contribution in [3.63, 3.8) is 0 Å². The fourth-order valence-corrected chi connectivity index (χ4v) is 4.38. The van der Waals surface area contributed by atoms with Gasteiger partial charge in [-0.25, -0.2) is 0 Å². The zero-order valence-electron chi connectivity index (χ0n) is 23.2. The molecule has 1 rings (SSSR count). The van der Waals surface area contributed by atoms with Crippen LogP contribution in [0.25, 0.3) is 0 Å². The lowest BCUT2D eigenvalue weighted by Gasteiger charge is -2.24. The van der Waals surface area contributed by atoms with E-state index >= 15 is 0 Å². The fraction of sp³-hybridized carbons (Fsp3) is 0.793. The molecular weight excluding hydrogens is 510 g/mol. The van der Waals surface area contributed by atoms with Gasteiger partial charge in [0.25, 0.3) is 6.48 Å². The van der Waals surface area contributed by atoms with Crippen LogP contribution in [0.15, 0.2) is 18.2 Å². The summed E-state index contributed by atoms with van der Waals surface area (Å²) in [4.78, 5) is 0. The Balaban J connectivity index is 2.54. The molecule has 0 fully saturated rings. The van der Waals surface area contributed by atoms with Crippen molar-refractivity contribution >= 4 is 0 Å². The molecule has 0 aromatic heterocycles. The zero-order valence-corrected chi connectivity index (χ0v) is 23.2. The van der Waals surface area contributed by atoms with Crippen LogP contribution in [-0.4, -0.2) is 25.8 Å². The summed E-state index contributed by atoms with van der Waals surface area (Å²) >= 11 is 0. The van der Waals surface area contributed by atoms with Crippen LogP contribution < -0.4 is 0 Å². The second kappa shape index (κ2) is 18.9. The summed E-state index contributed by atoms with van der Waals surface area (Å²) in [5.74, 6) is 0. The first-order chi connectivity index (χ1) is 18.0. The summed E-state index contributed by atoms with van der Waals surface area (Å²) in [7, 11) is 0. The van der Waals surface area contributed by atoms with Gasteiger partial charge in [-0.2, -0.15) is 26.3 Å². The van der Waals surface area contributed by atoms with E-state index in [9.17, 15) is 26.3 Å². The van der Waals surface area contributed by atoms with Crippen molar-refractivity contribution in [2.24, 2.45) is 0 Å². The van der Waals surface area contributed by atoms with Gasteiger partial charge in [0.15, 0.2) is 0 Å². The highest BCUT2D eigenvalue weighted by molar-refractivity contribution is 5.33. The number of rotatable bonds is 21. The van der Waals surface area contributed by atoms with E-state index in [4.69, 9.17) is 14.2 Å². The average molecular weight is 557 g/mol. The van der Waals surface area contributed by atoms with Crippen LogP contribution in [0, 0.1) is 0 Å². The SMILES string of the molecule is CCCCCCCCCC(CCCCCCc1cc(C(F)(F)F)cc(C(F)(F)F)c1)OC(OCC)OCC. The maximum Gasteiger partial charge on any atom is 0.416 e. The number of alkyl halides is 6. The van der Waals surface area contributed by atoms with E-state index in [-0.39, 0.29) is 24.2 Å². The van der Waals surface area contributed by atoms with Gasteiger partial charge in [0.2, 0.25) is 0 Å². The third-order valence-electron chi connectivity index (χ3n) is 6.43. The average Bonchev–Trinajstić information content (AvgIpc) is 2.84. The molecule has 1 aromatic rings. The number of hydrogen-bond acceptors (Lipinski definition) is 3. The quantitative estimate of drug-likeness (QED) is 0.0857. The Hall–Kier alpha value is -1.32. The smallest absolute Gasteiger partial charge is 0.330 e. The van der Waals surface area contributed by atoms with E-state index in [1.54, 1.807) is 0 Å². The third-order valence-corrected chi connectivity index (χ3v) is 6.43. The molecule has 0 saturated carbocycles. The number of hydrogen-bond donors (Lipinski definition) is 0. The van der Waals surface area contributed by atoms with Gasteiger partial charge < -0.3 is 14.2 Å². The summed E-state index contributed by atoms with van der Waals surface area (Å²) in [6.45, 7) is 6.19. The second-order valence-corrected chi connectivity index (χ2v) is 9.73. The molecule has 0 aliphatic carbocycles. The van der Waals surface area contributed by atoms with Crippen molar-refractivity contribution in [1.82, 2.24) is 0 Å². The van der Waals surface area contributed by atoms with Crippen LogP contribution in [0.4, 0.5) is 26.3 Å². The lowest BCUT2D eigenvalue weighted by Crippen LogP contribution is -2.27. The van der Waals surface area contributed by atoms with Gasteiger partial charge in [0, 0.05) is 13.2 Å². The van der Waals surface area contributed by atoms with E-state index in [0.29, 0.717) is 26.1 Å². The van der Waals surface area contributed by atoms with Gasteiger partial charge in [-0.1, -0.05) is 71.1 Å². The summed E-state index contributed by atoms with van der Waals surface area (Å²) in [6, 6.07) is 1.82. The summed E-state index contributed by atoms with van der Waals surface area (Å²) < 4.78 is 95.6. The van der Waals surface area contributed by atoms with E-state index in [1.165, 1.54) is 32.1 Å². The van der Waals surface area contributed by atoms with Gasteiger partial charge in [0.1, 0.15) is 0 Å². The highest BCUT2D eigenvalue weighted by Gasteiger charge is 2.36. The highest BCUT2D eigenvalue weighted by atomic mass is 19.4. The molecule has 1 aromatic carbocycles. The Bertz CT molecular complexity index is 698. The molecule has 0 spiro atoms. The molecule has 222 valence electrons. The van der Waals surface area contributed by atoms with Crippen LogP contribution in [-0.2, 0) is 33.0 Å². The first-order valence-electron chi connectivity index (χ1n) is 14.2. The Kier molecular flexibility index (Phi) is 17.2. The number of aryl methyl sites for hydroxylation is 1. The minimum Gasteiger partial charge on any atom is -0.330 e. The Morgan fingerprint density at radius 2 is 1.05 bits per heavy atom. The van der Waals surface area contributed by atoms with Crippen molar-refractivity contribution in [2.45, 2.75) is 136 Å². The number of ether oxygens (including phenoxy) is 3. The summed E-state index contributed by atoms with van der Waals surface area (Å²) in [5.41, 5.74) is -2.46. The van der Waals surface area contributed by atoms with E-state index in [0.717, 1.165) is 50.7 Å². The molecule has 1 unspecified atom stereocenters. The molecule has 0 heterocycles. The molecule has 0 aliphatic heterocycles. The van der Waals surface area contributed by atoms with Gasteiger partial charge in [-0.15, -0.1) is 0 Å². The van der Waals surface area contributed by atoms with Gasteiger partial charge in [-0.3, -0.25) is 0 Å². The van der Waals surface area contributed by atoms with Gasteiger partial charge >= 0.3 is 12.4 Å². The summed E-state index contributed by atoms with van der Waals surface area (Å²) in [6.07, 6.45) is 3.52. The standard InChI is InChI=1S/C29H46F6O3/c1-4-7-8-9-10-11-15-18-26(38-27(36-5-2)37-6-3)19-16-13-12-14-17-23-20-24(28(30,31)32)22-25(21-23)29(33,34)35/h20-22,26-27H,4-19H2,1-3H3. The van der Waals surface area contributed by atoms with E-state index in [1.807, 2.05) is 13.8 Å². The van der Waals surface area contributed by atoms with Crippen molar-refractivity contribution < 1.29 is 40.6 Å².